The van der Waals surface area contributed by atoms with Gasteiger partial charge in [-0.25, -0.2) is 0 Å². The fourth-order valence-corrected chi connectivity index (χ4v) is 1.90. The second-order valence-electron chi connectivity index (χ2n) is 5.40. The topological polar surface area (TPSA) is 72.2 Å². The molecule has 0 saturated carbocycles. The molecule has 0 aromatic carbocycles. The van der Waals surface area contributed by atoms with Crippen LogP contribution in [-0.2, 0) is 9.59 Å². The maximum Gasteiger partial charge on any atom is 0.239 e. The number of primary amides is 1. The molecule has 0 heterocycles. The molecule has 110 valence electrons. The van der Waals surface area contributed by atoms with Gasteiger partial charge in [0.05, 0.1) is 0 Å². The predicted molar refractivity (Wildman–Crippen MR) is 78.5 cm³/mol. The van der Waals surface area contributed by atoms with Crippen molar-refractivity contribution in [2.24, 2.45) is 11.7 Å². The van der Waals surface area contributed by atoms with Crippen molar-refractivity contribution < 1.29 is 9.59 Å². The Bertz CT molecular complexity index is 288. The zero-order valence-corrected chi connectivity index (χ0v) is 12.3. The molecule has 0 radical (unpaired) electrons. The molecule has 0 unspecified atom stereocenters. The lowest BCUT2D eigenvalue weighted by molar-refractivity contribution is -0.128. The summed E-state index contributed by atoms with van der Waals surface area (Å²) in [5.41, 5.74) is 5.31. The van der Waals surface area contributed by atoms with Crippen LogP contribution < -0.4 is 11.1 Å². The SMILES string of the molecule is C=CCCCCCC[C@H](NC(=O)CC(C)C)C(N)=O. The van der Waals surface area contributed by atoms with E-state index in [0.717, 1.165) is 32.1 Å². The lowest BCUT2D eigenvalue weighted by Gasteiger charge is -2.16. The van der Waals surface area contributed by atoms with Crippen LogP contribution in [0.2, 0.25) is 0 Å². The van der Waals surface area contributed by atoms with Gasteiger partial charge in [0, 0.05) is 6.42 Å². The van der Waals surface area contributed by atoms with Crippen molar-refractivity contribution in [3.05, 3.63) is 12.7 Å². The molecule has 0 aliphatic heterocycles. The first kappa shape index (κ1) is 17.7. The largest absolute Gasteiger partial charge is 0.368 e. The second kappa shape index (κ2) is 10.6. The van der Waals surface area contributed by atoms with Crippen molar-refractivity contribution >= 4 is 11.8 Å². The zero-order valence-electron chi connectivity index (χ0n) is 12.3. The summed E-state index contributed by atoms with van der Waals surface area (Å²) in [5, 5.41) is 2.72. The molecule has 4 nitrogen and oxygen atoms in total. The van der Waals surface area contributed by atoms with E-state index < -0.39 is 11.9 Å². The fourth-order valence-electron chi connectivity index (χ4n) is 1.90. The van der Waals surface area contributed by atoms with Gasteiger partial charge in [-0.3, -0.25) is 9.59 Å². The average molecular weight is 268 g/mol. The number of amides is 2. The number of nitrogens with one attached hydrogen (secondary N) is 1. The summed E-state index contributed by atoms with van der Waals surface area (Å²) >= 11 is 0. The summed E-state index contributed by atoms with van der Waals surface area (Å²) in [4.78, 5) is 22.9. The van der Waals surface area contributed by atoms with E-state index in [2.05, 4.69) is 11.9 Å². The maximum atomic E-state index is 11.6. The van der Waals surface area contributed by atoms with E-state index in [1.165, 1.54) is 0 Å². The van der Waals surface area contributed by atoms with Crippen molar-refractivity contribution in [2.75, 3.05) is 0 Å². The number of rotatable bonds is 11. The minimum absolute atomic E-state index is 0.0922. The van der Waals surface area contributed by atoms with Crippen LogP contribution in [0.5, 0.6) is 0 Å². The van der Waals surface area contributed by atoms with E-state index >= 15 is 0 Å². The fraction of sp³-hybridized carbons (Fsp3) is 0.733. The molecular weight excluding hydrogens is 240 g/mol. The molecule has 4 heteroatoms. The van der Waals surface area contributed by atoms with Crippen LogP contribution in [0.1, 0.15) is 58.8 Å². The highest BCUT2D eigenvalue weighted by Crippen LogP contribution is 2.08. The molecule has 1 atom stereocenters. The van der Waals surface area contributed by atoms with Gasteiger partial charge in [-0.1, -0.05) is 39.2 Å². The van der Waals surface area contributed by atoms with E-state index in [-0.39, 0.29) is 11.8 Å². The van der Waals surface area contributed by atoms with E-state index in [4.69, 9.17) is 5.73 Å². The lowest BCUT2D eigenvalue weighted by atomic mass is 10.0. The van der Waals surface area contributed by atoms with E-state index in [1.54, 1.807) is 0 Å². The van der Waals surface area contributed by atoms with Crippen molar-refractivity contribution in [2.45, 2.75) is 64.8 Å². The number of hydrogen-bond donors (Lipinski definition) is 2. The number of allylic oxidation sites excluding steroid dienone is 1. The van der Waals surface area contributed by atoms with Crippen LogP contribution in [0.4, 0.5) is 0 Å². The first-order valence-corrected chi connectivity index (χ1v) is 7.17. The molecule has 0 aromatic rings. The first-order valence-electron chi connectivity index (χ1n) is 7.17. The highest BCUT2D eigenvalue weighted by atomic mass is 16.2. The van der Waals surface area contributed by atoms with Crippen LogP contribution in [0.25, 0.3) is 0 Å². The van der Waals surface area contributed by atoms with E-state index in [1.807, 2.05) is 19.9 Å². The minimum atomic E-state index is -0.523. The molecule has 0 bridgehead atoms. The molecule has 0 rings (SSSR count). The summed E-state index contributed by atoms with van der Waals surface area (Å²) < 4.78 is 0. The van der Waals surface area contributed by atoms with Crippen molar-refractivity contribution in [1.29, 1.82) is 0 Å². The van der Waals surface area contributed by atoms with Gasteiger partial charge < -0.3 is 11.1 Å². The molecule has 2 amide bonds. The molecular formula is C15H28N2O2. The third-order valence-electron chi connectivity index (χ3n) is 2.92. The van der Waals surface area contributed by atoms with Crippen molar-refractivity contribution in [3.63, 3.8) is 0 Å². The molecule has 0 fully saturated rings. The van der Waals surface area contributed by atoms with Crippen LogP contribution in [0, 0.1) is 5.92 Å². The molecule has 0 saturated heterocycles. The third-order valence-corrected chi connectivity index (χ3v) is 2.92. The molecule has 0 aliphatic carbocycles. The van der Waals surface area contributed by atoms with Gasteiger partial charge in [0.15, 0.2) is 0 Å². The Hall–Kier alpha value is -1.32. The standard InChI is InChI=1S/C15H28N2O2/c1-4-5-6-7-8-9-10-13(15(16)19)17-14(18)11-12(2)3/h4,12-13H,1,5-11H2,2-3H3,(H2,16,19)(H,17,18)/t13-/m0/s1. The highest BCUT2D eigenvalue weighted by Gasteiger charge is 2.17. The predicted octanol–water partition coefficient (Wildman–Crippen LogP) is 2.53. The van der Waals surface area contributed by atoms with Crippen LogP contribution >= 0.6 is 0 Å². The van der Waals surface area contributed by atoms with Crippen LogP contribution in [0.15, 0.2) is 12.7 Å². The number of hydrogen-bond acceptors (Lipinski definition) is 2. The Kier molecular flexibility index (Phi) is 9.85. The van der Waals surface area contributed by atoms with E-state index in [0.29, 0.717) is 12.8 Å². The number of carbonyl (C=O) groups is 2. The van der Waals surface area contributed by atoms with Crippen LogP contribution in [0.3, 0.4) is 0 Å². The smallest absolute Gasteiger partial charge is 0.239 e. The van der Waals surface area contributed by atoms with E-state index in [9.17, 15) is 9.59 Å². The summed E-state index contributed by atoms with van der Waals surface area (Å²) in [6.45, 7) is 7.62. The van der Waals surface area contributed by atoms with Gasteiger partial charge in [-0.05, 0) is 25.2 Å². The Morgan fingerprint density at radius 1 is 1.21 bits per heavy atom. The molecule has 0 aromatic heterocycles. The van der Waals surface area contributed by atoms with Crippen molar-refractivity contribution in [3.8, 4) is 0 Å². The summed E-state index contributed by atoms with van der Waals surface area (Å²) in [5.74, 6) is -0.249. The molecule has 19 heavy (non-hydrogen) atoms. The Morgan fingerprint density at radius 3 is 2.37 bits per heavy atom. The lowest BCUT2D eigenvalue weighted by Crippen LogP contribution is -2.44. The monoisotopic (exact) mass is 268 g/mol. The van der Waals surface area contributed by atoms with Crippen LogP contribution in [-0.4, -0.2) is 17.9 Å². The maximum absolute atomic E-state index is 11.6. The first-order chi connectivity index (χ1) is 8.97. The van der Waals surface area contributed by atoms with Gasteiger partial charge in [-0.2, -0.15) is 0 Å². The summed E-state index contributed by atoms with van der Waals surface area (Å²) in [7, 11) is 0. The number of unbranched alkanes of at least 4 members (excludes halogenated alkanes) is 4. The van der Waals surface area contributed by atoms with Gasteiger partial charge in [0.25, 0.3) is 0 Å². The van der Waals surface area contributed by atoms with Gasteiger partial charge in [0.2, 0.25) is 11.8 Å². The quantitative estimate of drug-likeness (QED) is 0.446. The molecule has 0 aliphatic rings. The van der Waals surface area contributed by atoms with Crippen molar-refractivity contribution in [1.82, 2.24) is 5.32 Å². The Morgan fingerprint density at radius 2 is 1.84 bits per heavy atom. The Labute approximate surface area is 116 Å². The number of carbonyl (C=O) groups excluding carboxylic acids is 2. The summed E-state index contributed by atoms with van der Waals surface area (Å²) in [6, 6.07) is -0.523. The normalized spacial score (nSPS) is 12.2. The zero-order chi connectivity index (χ0) is 14.7. The third kappa shape index (κ3) is 10.3. The van der Waals surface area contributed by atoms with Gasteiger partial charge in [-0.15, -0.1) is 6.58 Å². The van der Waals surface area contributed by atoms with Gasteiger partial charge >= 0.3 is 0 Å². The van der Waals surface area contributed by atoms with Gasteiger partial charge in [0.1, 0.15) is 6.04 Å². The number of nitrogens with two attached hydrogens (primary N) is 1. The molecule has 0 spiro atoms. The summed E-state index contributed by atoms with van der Waals surface area (Å²) in [6.07, 6.45) is 8.23. The highest BCUT2D eigenvalue weighted by molar-refractivity contribution is 5.86. The minimum Gasteiger partial charge on any atom is -0.368 e. The molecule has 3 N–H and O–H groups in total. The second-order valence-corrected chi connectivity index (χ2v) is 5.40. The Balaban J connectivity index is 3.89. The average Bonchev–Trinajstić information content (AvgIpc) is 2.30.